The van der Waals surface area contributed by atoms with Crippen LogP contribution in [0.5, 0.6) is 0 Å². The monoisotopic (exact) mass is 343 g/mol. The summed E-state index contributed by atoms with van der Waals surface area (Å²) in [6.07, 6.45) is 5.66. The van der Waals surface area contributed by atoms with E-state index in [1.54, 1.807) is 35.5 Å². The minimum absolute atomic E-state index is 0.0656. The molecule has 2 fully saturated rings. The fourth-order valence-corrected chi connectivity index (χ4v) is 3.82. The zero-order valence-corrected chi connectivity index (χ0v) is 13.9. The zero-order chi connectivity index (χ0) is 17.2. The minimum Gasteiger partial charge on any atom is -0.393 e. The first-order chi connectivity index (χ1) is 12.2. The number of hydrogen-bond donors (Lipinski definition) is 1. The Morgan fingerprint density at radius 2 is 2.12 bits per heavy atom. The molecule has 1 aliphatic heterocycles. The van der Waals surface area contributed by atoms with Crippen molar-refractivity contribution in [1.82, 2.24) is 15.0 Å². The second-order valence-corrected chi connectivity index (χ2v) is 6.62. The molecule has 3 heterocycles. The first-order valence-corrected chi connectivity index (χ1v) is 8.68. The van der Waals surface area contributed by atoms with E-state index in [2.05, 4.69) is 10.1 Å². The Morgan fingerprint density at radius 3 is 2.88 bits per heavy atom. The van der Waals surface area contributed by atoms with Crippen molar-refractivity contribution in [1.29, 1.82) is 0 Å². The minimum atomic E-state index is -0.369. The van der Waals surface area contributed by atoms with E-state index in [1.807, 2.05) is 0 Å². The summed E-state index contributed by atoms with van der Waals surface area (Å²) in [6.45, 7) is 1.47. The van der Waals surface area contributed by atoms with Crippen LogP contribution < -0.4 is 0 Å². The third-order valence-corrected chi connectivity index (χ3v) is 5.15. The topological polar surface area (TPSA) is 88.7 Å². The van der Waals surface area contributed by atoms with Gasteiger partial charge in [0.1, 0.15) is 0 Å². The van der Waals surface area contributed by atoms with Crippen LogP contribution in [0.1, 0.15) is 29.8 Å². The molecule has 1 saturated heterocycles. The lowest BCUT2D eigenvalue weighted by atomic mass is 9.94. The van der Waals surface area contributed by atoms with Crippen molar-refractivity contribution in [2.45, 2.75) is 31.4 Å². The summed E-state index contributed by atoms with van der Waals surface area (Å²) in [5.41, 5.74) is 1.11. The lowest BCUT2D eigenvalue weighted by Gasteiger charge is -2.39. The smallest absolute Gasteiger partial charge is 0.276 e. The predicted molar refractivity (Wildman–Crippen MR) is 88.7 cm³/mol. The molecule has 1 aliphatic carbocycles. The van der Waals surface area contributed by atoms with Crippen molar-refractivity contribution in [3.05, 3.63) is 36.3 Å². The van der Waals surface area contributed by atoms with Gasteiger partial charge in [0, 0.05) is 36.5 Å². The Hall–Kier alpha value is -2.25. The summed E-state index contributed by atoms with van der Waals surface area (Å²) >= 11 is 0. The van der Waals surface area contributed by atoms with Crippen molar-refractivity contribution >= 4 is 5.91 Å². The molecule has 1 saturated carbocycles. The molecule has 7 nitrogen and oxygen atoms in total. The Kier molecular flexibility index (Phi) is 4.50. The van der Waals surface area contributed by atoms with Crippen LogP contribution in [-0.4, -0.2) is 58.0 Å². The number of carbonyl (C=O) groups excluding carboxylic acids is 1. The van der Waals surface area contributed by atoms with Gasteiger partial charge >= 0.3 is 0 Å². The van der Waals surface area contributed by atoms with Crippen LogP contribution in [0, 0.1) is 5.92 Å². The molecular weight excluding hydrogens is 322 g/mol. The van der Waals surface area contributed by atoms with E-state index >= 15 is 0 Å². The Balaban J connectivity index is 1.55. The highest BCUT2D eigenvalue weighted by molar-refractivity contribution is 5.93. The molecule has 0 aromatic carbocycles. The van der Waals surface area contributed by atoms with E-state index in [9.17, 15) is 9.90 Å². The van der Waals surface area contributed by atoms with E-state index in [-0.39, 0.29) is 29.7 Å². The van der Waals surface area contributed by atoms with E-state index in [4.69, 9.17) is 9.26 Å². The molecule has 3 atom stereocenters. The highest BCUT2D eigenvalue weighted by Gasteiger charge is 2.40. The van der Waals surface area contributed by atoms with Crippen molar-refractivity contribution < 1.29 is 19.2 Å². The van der Waals surface area contributed by atoms with Crippen molar-refractivity contribution in [2.24, 2.45) is 5.92 Å². The molecule has 2 aromatic heterocycles. The van der Waals surface area contributed by atoms with E-state index in [0.29, 0.717) is 25.5 Å². The molecule has 0 unspecified atom stereocenters. The van der Waals surface area contributed by atoms with Gasteiger partial charge in [0.25, 0.3) is 5.91 Å². The van der Waals surface area contributed by atoms with Crippen LogP contribution in [0.25, 0.3) is 11.3 Å². The number of morpholine rings is 1. The molecular formula is C18H21N3O4. The van der Waals surface area contributed by atoms with Crippen LogP contribution in [0.3, 0.4) is 0 Å². The number of aliphatic hydroxyl groups is 1. The second-order valence-electron chi connectivity index (χ2n) is 6.62. The number of hydrogen-bond acceptors (Lipinski definition) is 6. The van der Waals surface area contributed by atoms with Crippen molar-refractivity contribution in [3.8, 4) is 11.3 Å². The Labute approximate surface area is 145 Å². The molecule has 1 amide bonds. The standard InChI is InChI=1S/C18H21N3O4/c22-16-3-1-2-13(16)15-11-24-9-8-21(15)18(23)14-10-17(25-20-14)12-4-6-19-7-5-12/h4-7,10,13,15-16,22H,1-3,8-9,11H2/t13-,15-,16-/m1/s1. The molecule has 0 radical (unpaired) electrons. The van der Waals surface area contributed by atoms with Gasteiger partial charge < -0.3 is 19.3 Å². The molecule has 132 valence electrons. The Bertz CT molecular complexity index is 733. The summed E-state index contributed by atoms with van der Waals surface area (Å²) in [5, 5.41) is 14.2. The number of carbonyl (C=O) groups is 1. The molecule has 0 bridgehead atoms. The van der Waals surface area contributed by atoms with Crippen LogP contribution >= 0.6 is 0 Å². The fraction of sp³-hybridized carbons (Fsp3) is 0.500. The normalized spacial score (nSPS) is 26.8. The second kappa shape index (κ2) is 6.93. The van der Waals surface area contributed by atoms with Gasteiger partial charge in [0.15, 0.2) is 11.5 Å². The van der Waals surface area contributed by atoms with Gasteiger partial charge in [-0.05, 0) is 25.0 Å². The number of aromatic nitrogens is 2. The van der Waals surface area contributed by atoms with Crippen LogP contribution in [0.2, 0.25) is 0 Å². The van der Waals surface area contributed by atoms with Gasteiger partial charge in [-0.15, -0.1) is 0 Å². The number of rotatable bonds is 3. The molecule has 2 aromatic rings. The number of aliphatic hydroxyl groups excluding tert-OH is 1. The average molecular weight is 343 g/mol. The van der Waals surface area contributed by atoms with Gasteiger partial charge in [-0.3, -0.25) is 9.78 Å². The van der Waals surface area contributed by atoms with E-state index < -0.39 is 0 Å². The van der Waals surface area contributed by atoms with Crippen LogP contribution in [0.4, 0.5) is 0 Å². The van der Waals surface area contributed by atoms with Gasteiger partial charge in [-0.1, -0.05) is 11.6 Å². The number of nitrogens with zero attached hydrogens (tertiary/aromatic N) is 3. The highest BCUT2D eigenvalue weighted by Crippen LogP contribution is 2.33. The predicted octanol–water partition coefficient (Wildman–Crippen LogP) is 1.74. The molecule has 7 heteroatoms. The van der Waals surface area contributed by atoms with Crippen LogP contribution in [0.15, 0.2) is 35.1 Å². The fourth-order valence-electron chi connectivity index (χ4n) is 3.82. The highest BCUT2D eigenvalue weighted by atomic mass is 16.5. The van der Waals surface area contributed by atoms with Gasteiger partial charge in [0.05, 0.1) is 25.4 Å². The molecule has 0 spiro atoms. The zero-order valence-electron chi connectivity index (χ0n) is 13.9. The molecule has 25 heavy (non-hydrogen) atoms. The lowest BCUT2D eigenvalue weighted by molar-refractivity contribution is -0.0386. The largest absolute Gasteiger partial charge is 0.393 e. The third kappa shape index (κ3) is 3.17. The summed E-state index contributed by atoms with van der Waals surface area (Å²) in [7, 11) is 0. The lowest BCUT2D eigenvalue weighted by Crippen LogP contribution is -2.53. The molecule has 1 N–H and O–H groups in total. The number of amides is 1. The molecule has 2 aliphatic rings. The van der Waals surface area contributed by atoms with Gasteiger partial charge in [0.2, 0.25) is 0 Å². The van der Waals surface area contributed by atoms with Gasteiger partial charge in [-0.2, -0.15) is 0 Å². The average Bonchev–Trinajstić information content (AvgIpc) is 3.31. The van der Waals surface area contributed by atoms with E-state index in [0.717, 1.165) is 24.8 Å². The number of ether oxygens (including phenoxy) is 1. The SMILES string of the molecule is O=C(c1cc(-c2ccncc2)on1)N1CCOC[C@@H]1[C@H]1CCC[C@H]1O. The quantitative estimate of drug-likeness (QED) is 0.913. The molecule has 4 rings (SSSR count). The first kappa shape index (κ1) is 16.2. The van der Waals surface area contributed by atoms with Gasteiger partial charge in [-0.25, -0.2) is 0 Å². The third-order valence-electron chi connectivity index (χ3n) is 5.15. The summed E-state index contributed by atoms with van der Waals surface area (Å²) in [6, 6.07) is 5.16. The van der Waals surface area contributed by atoms with Crippen LogP contribution in [-0.2, 0) is 4.74 Å². The summed E-state index contributed by atoms with van der Waals surface area (Å²) in [4.78, 5) is 18.7. The summed E-state index contributed by atoms with van der Waals surface area (Å²) in [5.74, 6) is 0.434. The number of pyridine rings is 1. The Morgan fingerprint density at radius 1 is 1.28 bits per heavy atom. The maximum absolute atomic E-state index is 13.0. The van der Waals surface area contributed by atoms with Crippen molar-refractivity contribution in [2.75, 3.05) is 19.8 Å². The van der Waals surface area contributed by atoms with E-state index in [1.165, 1.54) is 0 Å². The maximum atomic E-state index is 13.0. The first-order valence-electron chi connectivity index (χ1n) is 8.68. The maximum Gasteiger partial charge on any atom is 0.276 e. The van der Waals surface area contributed by atoms with Crippen molar-refractivity contribution in [3.63, 3.8) is 0 Å². The summed E-state index contributed by atoms with van der Waals surface area (Å²) < 4.78 is 10.9.